The predicted octanol–water partition coefficient (Wildman–Crippen LogP) is 1.28. The largest absolute Gasteiger partial charge is 0.407 e. The molecule has 1 heterocycles. The van der Waals surface area contributed by atoms with Crippen molar-refractivity contribution in [2.45, 2.75) is 56.0 Å². The van der Waals surface area contributed by atoms with E-state index in [0.29, 0.717) is 5.56 Å². The fourth-order valence-electron chi connectivity index (χ4n) is 1.85. The smallest absolute Gasteiger partial charge is 0.310 e. The van der Waals surface area contributed by atoms with Crippen molar-refractivity contribution in [3.63, 3.8) is 0 Å². The summed E-state index contributed by atoms with van der Waals surface area (Å²) >= 11 is 0. The Bertz CT molecular complexity index is 605. The molecule has 0 saturated heterocycles. The molecule has 0 aliphatic heterocycles. The van der Waals surface area contributed by atoms with Gasteiger partial charge in [0.25, 0.3) is 10.0 Å². The molecular weight excluding hydrogens is 309 g/mol. The first-order chi connectivity index (χ1) is 9.57. The van der Waals surface area contributed by atoms with Crippen molar-refractivity contribution in [3.8, 4) is 0 Å². The molecule has 1 aliphatic carbocycles. The Morgan fingerprint density at radius 1 is 1.43 bits per heavy atom. The van der Waals surface area contributed by atoms with Gasteiger partial charge in [-0.1, -0.05) is 13.8 Å². The second-order valence-electron chi connectivity index (χ2n) is 5.45. The van der Waals surface area contributed by atoms with E-state index in [1.165, 1.54) is 6.20 Å². The Kier molecular flexibility index (Phi) is 4.06. The van der Waals surface area contributed by atoms with Crippen LogP contribution in [0.5, 0.6) is 0 Å². The molecule has 6 nitrogen and oxygen atoms in total. The Balaban J connectivity index is 2.20. The van der Waals surface area contributed by atoms with Gasteiger partial charge in [-0.05, 0) is 12.8 Å². The lowest BCUT2D eigenvalue weighted by Gasteiger charge is -2.20. The van der Waals surface area contributed by atoms with Crippen molar-refractivity contribution in [2.75, 3.05) is 0 Å². The molecule has 3 N–H and O–H groups in total. The predicted molar refractivity (Wildman–Crippen MR) is 68.9 cm³/mol. The number of alkyl halides is 3. The van der Waals surface area contributed by atoms with Gasteiger partial charge in [-0.15, -0.1) is 0 Å². The van der Waals surface area contributed by atoms with E-state index in [4.69, 9.17) is 0 Å². The average Bonchev–Trinajstić information content (AvgIpc) is 2.94. The highest BCUT2D eigenvalue weighted by Crippen LogP contribution is 2.49. The number of aromatic nitrogens is 2. The number of halogens is 3. The van der Waals surface area contributed by atoms with E-state index < -0.39 is 21.7 Å². The summed E-state index contributed by atoms with van der Waals surface area (Å²) in [6, 6.07) is 0.105. The molecule has 0 aromatic carbocycles. The summed E-state index contributed by atoms with van der Waals surface area (Å²) in [6.07, 6.45) is -3.81. The van der Waals surface area contributed by atoms with Crippen molar-refractivity contribution in [2.24, 2.45) is 0 Å². The third-order valence-electron chi connectivity index (χ3n) is 3.27. The summed E-state index contributed by atoms with van der Waals surface area (Å²) in [5.41, 5.74) is -2.03. The number of nitrogens with one attached hydrogen (secondary N) is 3. The zero-order valence-electron chi connectivity index (χ0n) is 11.6. The highest BCUT2D eigenvalue weighted by atomic mass is 32.2. The van der Waals surface area contributed by atoms with Gasteiger partial charge in [0.05, 0.1) is 6.20 Å². The standard InChI is InChI=1S/C11H17F3N4O2S/c1-7(2)15-5-8-6-16-17-9(8)21(19,20)18-10(3-4-10)11(12,13)14/h6-7,15,18H,3-5H2,1-2H3,(H,16,17). The minimum absolute atomic E-state index is 0.105. The molecule has 1 aromatic heterocycles. The Hall–Kier alpha value is -1.13. The lowest BCUT2D eigenvalue weighted by atomic mass is 10.3. The van der Waals surface area contributed by atoms with Crippen LogP contribution in [0.2, 0.25) is 0 Å². The number of hydrogen-bond donors (Lipinski definition) is 3. The first kappa shape index (κ1) is 16.2. The van der Waals surface area contributed by atoms with Crippen LogP contribution in [0.1, 0.15) is 32.3 Å². The molecule has 0 atom stereocenters. The maximum Gasteiger partial charge on any atom is 0.407 e. The van der Waals surface area contributed by atoms with Gasteiger partial charge in [0.1, 0.15) is 5.54 Å². The molecule has 120 valence electrons. The van der Waals surface area contributed by atoms with Crippen molar-refractivity contribution in [1.29, 1.82) is 0 Å². The van der Waals surface area contributed by atoms with Gasteiger partial charge in [0, 0.05) is 18.2 Å². The Labute approximate surface area is 120 Å². The highest BCUT2D eigenvalue weighted by molar-refractivity contribution is 7.89. The summed E-state index contributed by atoms with van der Waals surface area (Å²) in [4.78, 5) is 0. The zero-order chi connectivity index (χ0) is 15.9. The van der Waals surface area contributed by atoms with E-state index in [0.717, 1.165) is 0 Å². The van der Waals surface area contributed by atoms with Crippen LogP contribution in [-0.2, 0) is 16.6 Å². The minimum atomic E-state index is -4.60. The van der Waals surface area contributed by atoms with E-state index in [1.54, 1.807) is 4.72 Å². The molecule has 10 heteroatoms. The molecular formula is C11H17F3N4O2S. The van der Waals surface area contributed by atoms with Crippen LogP contribution in [0.25, 0.3) is 0 Å². The Morgan fingerprint density at radius 2 is 2.05 bits per heavy atom. The van der Waals surface area contributed by atoms with Gasteiger partial charge < -0.3 is 5.32 Å². The second-order valence-corrected chi connectivity index (χ2v) is 7.06. The van der Waals surface area contributed by atoms with Crippen LogP contribution in [0.3, 0.4) is 0 Å². The number of H-pyrrole nitrogens is 1. The number of aromatic amines is 1. The SMILES string of the molecule is CC(C)NCc1cn[nH]c1S(=O)(=O)NC1(C(F)(F)F)CC1. The molecule has 0 spiro atoms. The van der Waals surface area contributed by atoms with Crippen LogP contribution in [0, 0.1) is 0 Å². The number of nitrogens with zero attached hydrogens (tertiary/aromatic N) is 1. The van der Waals surface area contributed by atoms with Gasteiger partial charge >= 0.3 is 6.18 Å². The fourth-order valence-corrected chi connectivity index (χ4v) is 3.43. The maximum atomic E-state index is 12.9. The average molecular weight is 326 g/mol. The van der Waals surface area contributed by atoms with Crippen LogP contribution < -0.4 is 10.0 Å². The number of rotatable bonds is 6. The van der Waals surface area contributed by atoms with Gasteiger partial charge in [-0.25, -0.2) is 8.42 Å². The van der Waals surface area contributed by atoms with E-state index >= 15 is 0 Å². The van der Waals surface area contributed by atoms with Crippen molar-refractivity contribution in [1.82, 2.24) is 20.2 Å². The molecule has 0 radical (unpaired) electrons. The molecule has 1 aliphatic rings. The third kappa shape index (κ3) is 3.38. The number of sulfonamides is 1. The lowest BCUT2D eigenvalue weighted by Crippen LogP contribution is -2.48. The van der Waals surface area contributed by atoms with Gasteiger partial charge in [-0.3, -0.25) is 5.10 Å². The van der Waals surface area contributed by atoms with Crippen LogP contribution in [0.15, 0.2) is 11.2 Å². The minimum Gasteiger partial charge on any atom is -0.310 e. The van der Waals surface area contributed by atoms with E-state index in [9.17, 15) is 21.6 Å². The molecule has 0 bridgehead atoms. The van der Waals surface area contributed by atoms with Crippen molar-refractivity contribution in [3.05, 3.63) is 11.8 Å². The molecule has 0 amide bonds. The molecule has 0 unspecified atom stereocenters. The molecule has 2 rings (SSSR count). The number of hydrogen-bond acceptors (Lipinski definition) is 4. The maximum absolute atomic E-state index is 12.9. The Morgan fingerprint density at radius 3 is 2.52 bits per heavy atom. The fraction of sp³-hybridized carbons (Fsp3) is 0.727. The summed E-state index contributed by atoms with van der Waals surface area (Å²) in [5.74, 6) is 0. The van der Waals surface area contributed by atoms with E-state index in [1.807, 2.05) is 13.8 Å². The summed E-state index contributed by atoms with van der Waals surface area (Å²) < 4.78 is 64.6. The molecule has 1 fully saturated rings. The van der Waals surface area contributed by atoms with Gasteiger partial charge in [0.2, 0.25) is 0 Å². The van der Waals surface area contributed by atoms with Gasteiger partial charge in [-0.2, -0.15) is 23.0 Å². The van der Waals surface area contributed by atoms with E-state index in [-0.39, 0.29) is 30.5 Å². The normalized spacial score (nSPS) is 18.2. The molecule has 1 aromatic rings. The van der Waals surface area contributed by atoms with Crippen molar-refractivity contribution < 1.29 is 21.6 Å². The van der Waals surface area contributed by atoms with E-state index in [2.05, 4.69) is 15.5 Å². The molecule has 1 saturated carbocycles. The molecule has 21 heavy (non-hydrogen) atoms. The van der Waals surface area contributed by atoms with Gasteiger partial charge in [0.15, 0.2) is 5.03 Å². The lowest BCUT2D eigenvalue weighted by molar-refractivity contribution is -0.160. The van der Waals surface area contributed by atoms with Crippen LogP contribution >= 0.6 is 0 Å². The zero-order valence-corrected chi connectivity index (χ0v) is 12.4. The summed E-state index contributed by atoms with van der Waals surface area (Å²) in [5, 5.41) is 8.54. The second kappa shape index (κ2) is 5.25. The first-order valence-electron chi connectivity index (χ1n) is 6.44. The van der Waals surface area contributed by atoms with Crippen LogP contribution in [0.4, 0.5) is 13.2 Å². The quantitative estimate of drug-likeness (QED) is 0.735. The first-order valence-corrected chi connectivity index (χ1v) is 7.92. The van der Waals surface area contributed by atoms with Crippen molar-refractivity contribution >= 4 is 10.0 Å². The summed E-state index contributed by atoms with van der Waals surface area (Å²) in [7, 11) is -4.30. The highest BCUT2D eigenvalue weighted by Gasteiger charge is 2.65. The van der Waals surface area contributed by atoms with Crippen LogP contribution in [-0.4, -0.2) is 36.4 Å². The summed E-state index contributed by atoms with van der Waals surface area (Å²) in [6.45, 7) is 3.94. The monoisotopic (exact) mass is 326 g/mol. The third-order valence-corrected chi connectivity index (χ3v) is 4.82. The topological polar surface area (TPSA) is 86.9 Å².